The van der Waals surface area contributed by atoms with Crippen LogP contribution in [0.15, 0.2) is 54.9 Å². The van der Waals surface area contributed by atoms with E-state index in [2.05, 4.69) is 19.9 Å². The van der Waals surface area contributed by atoms with Gasteiger partial charge in [-0.05, 0) is 55.7 Å². The molecule has 5 rings (SSSR count). The minimum atomic E-state index is -4.42. The van der Waals surface area contributed by atoms with Crippen LogP contribution in [0.3, 0.4) is 0 Å². The molecule has 1 aliphatic rings. The fourth-order valence-electron chi connectivity index (χ4n) is 4.07. The maximum Gasteiger partial charge on any atom is 0.416 e. The van der Waals surface area contributed by atoms with Crippen LogP contribution in [0.1, 0.15) is 24.8 Å². The number of benzene rings is 1. The molecule has 0 radical (unpaired) electrons. The molecule has 3 heterocycles. The number of rotatable bonds is 5. The number of nitrogens with one attached hydrogen (secondary N) is 1. The van der Waals surface area contributed by atoms with Crippen molar-refractivity contribution in [3.63, 3.8) is 0 Å². The lowest BCUT2D eigenvalue weighted by Crippen LogP contribution is -2.16. The van der Waals surface area contributed by atoms with Gasteiger partial charge in [0.1, 0.15) is 11.9 Å². The summed E-state index contributed by atoms with van der Waals surface area (Å²) in [5.74, 6) is -0.313. The van der Waals surface area contributed by atoms with Crippen LogP contribution in [0, 0.1) is 5.92 Å². The van der Waals surface area contributed by atoms with E-state index >= 15 is 0 Å². The van der Waals surface area contributed by atoms with Gasteiger partial charge >= 0.3 is 12.1 Å². The van der Waals surface area contributed by atoms with Gasteiger partial charge in [0, 0.05) is 29.6 Å². The number of nitrogens with zero attached hydrogens (tertiary/aromatic N) is 3. The number of ether oxygens (including phenoxy) is 1. The average Bonchev–Trinajstić information content (AvgIpc) is 3.46. The summed E-state index contributed by atoms with van der Waals surface area (Å²) >= 11 is 0. The maximum atomic E-state index is 12.9. The van der Waals surface area contributed by atoms with E-state index in [4.69, 9.17) is 9.84 Å². The Morgan fingerprint density at radius 2 is 1.82 bits per heavy atom. The summed E-state index contributed by atoms with van der Waals surface area (Å²) in [7, 11) is 0. The van der Waals surface area contributed by atoms with Crippen LogP contribution >= 0.6 is 0 Å². The van der Waals surface area contributed by atoms with Crippen LogP contribution in [0.2, 0.25) is 0 Å². The predicted molar refractivity (Wildman–Crippen MR) is 117 cm³/mol. The lowest BCUT2D eigenvalue weighted by molar-refractivity contribution is -0.141. The molecule has 0 bridgehead atoms. The number of hydrogen-bond donors (Lipinski definition) is 2. The molecule has 0 amide bonds. The summed E-state index contributed by atoms with van der Waals surface area (Å²) in [6, 6.07) is 10.5. The number of imidazole rings is 1. The second-order valence-electron chi connectivity index (χ2n) is 8.22. The first-order valence-corrected chi connectivity index (χ1v) is 10.7. The number of carboxylic acid groups (broad SMARTS) is 1. The number of H-pyrrole nitrogens is 1. The van der Waals surface area contributed by atoms with Gasteiger partial charge in [0.25, 0.3) is 0 Å². The van der Waals surface area contributed by atoms with Crippen LogP contribution < -0.4 is 4.74 Å². The Hall–Kier alpha value is -3.95. The molecule has 10 heteroatoms. The molecule has 7 nitrogen and oxygen atoms in total. The molecular formula is C24H19F3N4O3. The molecule has 174 valence electrons. The van der Waals surface area contributed by atoms with E-state index in [-0.39, 0.29) is 12.0 Å². The van der Waals surface area contributed by atoms with Gasteiger partial charge in [-0.25, -0.2) is 9.97 Å². The van der Waals surface area contributed by atoms with Gasteiger partial charge in [-0.2, -0.15) is 13.2 Å². The second-order valence-corrected chi connectivity index (χ2v) is 8.22. The zero-order valence-corrected chi connectivity index (χ0v) is 17.7. The zero-order chi connectivity index (χ0) is 23.9. The lowest BCUT2D eigenvalue weighted by atomic mass is 10.1. The van der Waals surface area contributed by atoms with Crippen molar-refractivity contribution >= 4 is 17.0 Å². The fourth-order valence-corrected chi connectivity index (χ4v) is 4.07. The number of aromatic nitrogens is 4. The van der Waals surface area contributed by atoms with Gasteiger partial charge in [0.15, 0.2) is 0 Å². The van der Waals surface area contributed by atoms with E-state index in [1.54, 1.807) is 30.6 Å². The van der Waals surface area contributed by atoms with Crippen molar-refractivity contribution in [2.75, 3.05) is 0 Å². The summed E-state index contributed by atoms with van der Waals surface area (Å²) in [4.78, 5) is 27.1. The smallest absolute Gasteiger partial charge is 0.416 e. The van der Waals surface area contributed by atoms with E-state index in [0.717, 1.165) is 17.7 Å². The molecule has 34 heavy (non-hydrogen) atoms. The summed E-state index contributed by atoms with van der Waals surface area (Å²) in [6.07, 6.45) is 0.392. The van der Waals surface area contributed by atoms with Crippen molar-refractivity contribution in [2.24, 2.45) is 5.92 Å². The molecule has 4 aromatic rings. The Bertz CT molecular complexity index is 1330. The van der Waals surface area contributed by atoms with Crippen LogP contribution in [0.4, 0.5) is 13.2 Å². The summed E-state index contributed by atoms with van der Waals surface area (Å²) in [5, 5.41) is 9.10. The highest BCUT2D eigenvalue weighted by Crippen LogP contribution is 2.32. The summed E-state index contributed by atoms with van der Waals surface area (Å²) in [6.45, 7) is 0. The van der Waals surface area contributed by atoms with E-state index in [0.29, 0.717) is 53.3 Å². The molecule has 3 aromatic heterocycles. The Labute approximate surface area is 191 Å². The molecule has 0 spiro atoms. The van der Waals surface area contributed by atoms with Crippen LogP contribution in [-0.2, 0) is 11.0 Å². The average molecular weight is 468 g/mol. The summed E-state index contributed by atoms with van der Waals surface area (Å²) in [5.41, 5.74) is 2.04. The third kappa shape index (κ3) is 4.43. The van der Waals surface area contributed by atoms with Gasteiger partial charge in [-0.1, -0.05) is 0 Å². The van der Waals surface area contributed by atoms with Gasteiger partial charge in [-0.3, -0.25) is 9.78 Å². The van der Waals surface area contributed by atoms with E-state index in [9.17, 15) is 18.0 Å². The first-order chi connectivity index (χ1) is 16.3. The standard InChI is InChI=1S/C24H19F3N4O3/c25-24(26,27)16-4-7-19-20(10-16)31-22(30-19)15-2-6-18(28-12-15)14-3-8-21(29-11-14)34-17-5-1-13(9-17)23(32)33/h2-4,6-8,10-13,17H,1,5,9H2,(H,30,31)(H,32,33)/t13-,17-/m1/s1. The van der Waals surface area contributed by atoms with Crippen molar-refractivity contribution in [1.29, 1.82) is 0 Å². The Morgan fingerprint density at radius 3 is 2.47 bits per heavy atom. The molecule has 0 unspecified atom stereocenters. The number of pyridine rings is 2. The third-order valence-electron chi connectivity index (χ3n) is 5.90. The van der Waals surface area contributed by atoms with E-state index in [1.807, 2.05) is 6.07 Å². The Kier molecular flexibility index (Phi) is 5.43. The van der Waals surface area contributed by atoms with Crippen molar-refractivity contribution in [3.05, 3.63) is 60.4 Å². The van der Waals surface area contributed by atoms with E-state index in [1.165, 1.54) is 6.07 Å². The minimum Gasteiger partial charge on any atom is -0.481 e. The van der Waals surface area contributed by atoms with Gasteiger partial charge in [-0.15, -0.1) is 0 Å². The number of carbonyl (C=O) groups is 1. The normalized spacial score (nSPS) is 18.3. The minimum absolute atomic E-state index is 0.159. The number of fused-ring (bicyclic) bond motifs is 1. The number of aliphatic carboxylic acids is 1. The molecule has 1 fully saturated rings. The van der Waals surface area contributed by atoms with Gasteiger partial charge < -0.3 is 14.8 Å². The van der Waals surface area contributed by atoms with Crippen LogP contribution in [0.25, 0.3) is 33.7 Å². The zero-order valence-electron chi connectivity index (χ0n) is 17.7. The quantitative estimate of drug-likeness (QED) is 0.410. The Morgan fingerprint density at radius 1 is 1.03 bits per heavy atom. The monoisotopic (exact) mass is 468 g/mol. The van der Waals surface area contributed by atoms with Gasteiger partial charge in [0.2, 0.25) is 5.88 Å². The molecule has 1 aromatic carbocycles. The first kappa shape index (κ1) is 21.9. The third-order valence-corrected chi connectivity index (χ3v) is 5.90. The largest absolute Gasteiger partial charge is 0.481 e. The molecular weight excluding hydrogens is 449 g/mol. The topological polar surface area (TPSA) is 101 Å². The SMILES string of the molecule is O=C(O)[C@@H]1CC[C@@H](Oc2ccc(-c3ccc(-c4nc5ccc(C(F)(F)F)cc5[nH]4)cn3)cn2)C1. The maximum absolute atomic E-state index is 12.9. The number of alkyl halides is 3. The molecule has 0 saturated heterocycles. The first-order valence-electron chi connectivity index (χ1n) is 10.7. The molecule has 2 N–H and O–H groups in total. The van der Waals surface area contributed by atoms with Crippen molar-refractivity contribution in [1.82, 2.24) is 19.9 Å². The van der Waals surface area contributed by atoms with Crippen LogP contribution in [-0.4, -0.2) is 37.1 Å². The van der Waals surface area contributed by atoms with Crippen molar-refractivity contribution in [3.8, 4) is 28.5 Å². The molecule has 0 aliphatic heterocycles. The molecule has 1 aliphatic carbocycles. The number of halogens is 3. The van der Waals surface area contributed by atoms with Crippen LogP contribution in [0.5, 0.6) is 5.88 Å². The number of aromatic amines is 1. The molecule has 2 atom stereocenters. The highest BCUT2D eigenvalue weighted by atomic mass is 19.4. The highest BCUT2D eigenvalue weighted by molar-refractivity contribution is 5.80. The number of carboxylic acids is 1. The lowest BCUT2D eigenvalue weighted by Gasteiger charge is -2.12. The second kappa shape index (κ2) is 8.44. The van der Waals surface area contributed by atoms with Crippen molar-refractivity contribution in [2.45, 2.75) is 31.5 Å². The van der Waals surface area contributed by atoms with E-state index < -0.39 is 17.7 Å². The Balaban J connectivity index is 1.29. The molecule has 1 saturated carbocycles. The summed E-state index contributed by atoms with van der Waals surface area (Å²) < 4.78 is 44.6. The van der Waals surface area contributed by atoms with Gasteiger partial charge in [0.05, 0.1) is 28.2 Å². The highest BCUT2D eigenvalue weighted by Gasteiger charge is 2.31. The number of hydrogen-bond acceptors (Lipinski definition) is 5. The fraction of sp³-hybridized carbons (Fsp3) is 0.250. The van der Waals surface area contributed by atoms with Crippen molar-refractivity contribution < 1.29 is 27.8 Å². The predicted octanol–water partition coefficient (Wildman–Crippen LogP) is 5.34.